The van der Waals surface area contributed by atoms with Crippen molar-refractivity contribution < 1.29 is 20.1 Å². The molecule has 1 unspecified atom stereocenters. The van der Waals surface area contributed by atoms with E-state index < -0.39 is 12.1 Å². The summed E-state index contributed by atoms with van der Waals surface area (Å²) < 4.78 is 0. The van der Waals surface area contributed by atoms with E-state index >= 15 is 0 Å². The largest absolute Gasteiger partial charge is 0.507 e. The van der Waals surface area contributed by atoms with Gasteiger partial charge in [-0.2, -0.15) is 0 Å². The lowest BCUT2D eigenvalue weighted by molar-refractivity contribution is 0.0693. The molecule has 0 fully saturated rings. The van der Waals surface area contributed by atoms with Crippen LogP contribution in [-0.2, 0) is 10.8 Å². The highest BCUT2D eigenvalue weighted by atomic mass is 16.4. The van der Waals surface area contributed by atoms with E-state index in [1.807, 2.05) is 0 Å². The molecule has 1 aliphatic carbocycles. The van der Waals surface area contributed by atoms with Crippen molar-refractivity contribution in [3.05, 3.63) is 75.9 Å². The topological polar surface area (TPSA) is 81.0 Å². The summed E-state index contributed by atoms with van der Waals surface area (Å²) in [6.45, 7) is 11.2. The molecule has 0 saturated carbocycles. The molecule has 5 heteroatoms. The fourth-order valence-electron chi connectivity index (χ4n) is 5.40. The van der Waals surface area contributed by atoms with Crippen LogP contribution in [0.15, 0.2) is 42.5 Å². The zero-order chi connectivity index (χ0) is 25.5. The molecule has 0 aromatic heterocycles. The van der Waals surface area contributed by atoms with E-state index in [2.05, 4.69) is 57.9 Å². The van der Waals surface area contributed by atoms with Crippen LogP contribution < -0.4 is 0 Å². The van der Waals surface area contributed by atoms with E-state index in [4.69, 9.17) is 5.11 Å². The Morgan fingerprint density at radius 1 is 1.09 bits per heavy atom. The Morgan fingerprint density at radius 3 is 2.43 bits per heavy atom. The number of hydrogen-bond donors (Lipinski definition) is 3. The van der Waals surface area contributed by atoms with E-state index in [1.54, 1.807) is 18.2 Å². The number of rotatable bonds is 5. The van der Waals surface area contributed by atoms with E-state index in [0.717, 1.165) is 37.9 Å². The molecule has 35 heavy (non-hydrogen) atoms. The average molecular weight is 476 g/mol. The van der Waals surface area contributed by atoms with Crippen LogP contribution in [0.1, 0.15) is 91.2 Å². The van der Waals surface area contributed by atoms with Gasteiger partial charge in [-0.25, -0.2) is 4.79 Å². The van der Waals surface area contributed by atoms with E-state index in [-0.39, 0.29) is 22.1 Å². The van der Waals surface area contributed by atoms with Gasteiger partial charge in [0.2, 0.25) is 0 Å². The zero-order valence-corrected chi connectivity index (χ0v) is 21.4. The fourth-order valence-corrected chi connectivity index (χ4v) is 5.40. The third-order valence-corrected chi connectivity index (χ3v) is 7.76. The summed E-state index contributed by atoms with van der Waals surface area (Å²) in [5.41, 5.74) is 6.78. The van der Waals surface area contributed by atoms with E-state index in [0.29, 0.717) is 5.56 Å². The summed E-state index contributed by atoms with van der Waals surface area (Å²) in [5.74, 6) is -1.46. The van der Waals surface area contributed by atoms with Crippen molar-refractivity contribution in [2.45, 2.75) is 63.9 Å². The standard InChI is InChI=1S/C30H37NO4/c1-29(2)12-13-30(3,4)27-23(20-10-14-31(5)15-11-20)17-21(18-24(27)29)25(32)9-7-19-6-8-22(28(34)35)26(33)16-19/h6-10,16-18,25,32-33H,11-15H2,1-5H3,(H,34,35)/b9-7+. The van der Waals surface area contributed by atoms with Gasteiger partial charge in [0.15, 0.2) is 0 Å². The van der Waals surface area contributed by atoms with Crippen LogP contribution in [0.2, 0.25) is 0 Å². The van der Waals surface area contributed by atoms with Crippen molar-refractivity contribution in [1.29, 1.82) is 0 Å². The number of carbonyl (C=O) groups is 1. The van der Waals surface area contributed by atoms with Gasteiger partial charge in [-0.1, -0.05) is 58.1 Å². The van der Waals surface area contributed by atoms with Gasteiger partial charge in [-0.3, -0.25) is 0 Å². The summed E-state index contributed by atoms with van der Waals surface area (Å²) in [6.07, 6.45) is 8.14. The second-order valence-electron chi connectivity index (χ2n) is 11.4. The zero-order valence-electron chi connectivity index (χ0n) is 21.4. The number of phenols is 1. The number of likely N-dealkylation sites (N-methyl/N-ethyl adjacent to an activating group) is 1. The number of aromatic hydroxyl groups is 1. The highest BCUT2D eigenvalue weighted by molar-refractivity contribution is 5.91. The smallest absolute Gasteiger partial charge is 0.339 e. The predicted octanol–water partition coefficient (Wildman–Crippen LogP) is 5.91. The second-order valence-corrected chi connectivity index (χ2v) is 11.4. The number of aromatic carboxylic acids is 1. The minimum Gasteiger partial charge on any atom is -0.507 e. The van der Waals surface area contributed by atoms with Gasteiger partial charge in [0, 0.05) is 13.1 Å². The lowest BCUT2D eigenvalue weighted by atomic mass is 9.61. The molecule has 2 aliphatic rings. The Labute approximate surface area is 208 Å². The summed E-state index contributed by atoms with van der Waals surface area (Å²) in [4.78, 5) is 13.5. The number of hydrogen-bond acceptors (Lipinski definition) is 4. The molecule has 0 radical (unpaired) electrons. The number of aliphatic hydroxyl groups excluding tert-OH is 1. The molecule has 3 N–H and O–H groups in total. The van der Waals surface area contributed by atoms with Crippen molar-refractivity contribution >= 4 is 17.6 Å². The van der Waals surface area contributed by atoms with Crippen LogP contribution in [0.25, 0.3) is 11.6 Å². The molecule has 4 rings (SSSR count). The van der Waals surface area contributed by atoms with Gasteiger partial charge in [-0.05, 0) is 88.7 Å². The number of fused-ring (bicyclic) bond motifs is 1. The Kier molecular flexibility index (Phi) is 6.69. The van der Waals surface area contributed by atoms with Gasteiger partial charge < -0.3 is 20.2 Å². The van der Waals surface area contributed by atoms with Crippen LogP contribution in [0, 0.1) is 0 Å². The molecule has 2 aromatic carbocycles. The van der Waals surface area contributed by atoms with Crippen molar-refractivity contribution in [1.82, 2.24) is 4.90 Å². The third kappa shape index (κ3) is 5.07. The molecule has 2 aromatic rings. The van der Waals surface area contributed by atoms with Gasteiger partial charge in [-0.15, -0.1) is 0 Å². The van der Waals surface area contributed by atoms with Crippen LogP contribution >= 0.6 is 0 Å². The molecule has 1 heterocycles. The monoisotopic (exact) mass is 475 g/mol. The number of aliphatic hydroxyl groups is 1. The Hall–Kier alpha value is -2.89. The molecule has 0 spiro atoms. The maximum absolute atomic E-state index is 11.2. The number of carboxylic acids is 1. The van der Waals surface area contributed by atoms with Crippen molar-refractivity contribution in [3.63, 3.8) is 0 Å². The second kappa shape index (κ2) is 9.29. The maximum Gasteiger partial charge on any atom is 0.339 e. The molecule has 5 nitrogen and oxygen atoms in total. The maximum atomic E-state index is 11.2. The van der Waals surface area contributed by atoms with Gasteiger partial charge in [0.05, 0.1) is 6.10 Å². The van der Waals surface area contributed by atoms with Gasteiger partial charge in [0.1, 0.15) is 11.3 Å². The molecule has 0 amide bonds. The third-order valence-electron chi connectivity index (χ3n) is 7.76. The van der Waals surface area contributed by atoms with E-state index in [9.17, 15) is 15.0 Å². The van der Waals surface area contributed by atoms with Gasteiger partial charge >= 0.3 is 5.97 Å². The number of carboxylic acid groups (broad SMARTS) is 1. The van der Waals surface area contributed by atoms with Crippen molar-refractivity contribution in [2.24, 2.45) is 0 Å². The lowest BCUT2D eigenvalue weighted by Crippen LogP contribution is -2.35. The highest BCUT2D eigenvalue weighted by Crippen LogP contribution is 2.49. The number of nitrogens with zero attached hydrogens (tertiary/aromatic N) is 1. The summed E-state index contributed by atoms with van der Waals surface area (Å²) in [6, 6.07) is 8.74. The van der Waals surface area contributed by atoms with Crippen LogP contribution in [0.4, 0.5) is 0 Å². The highest BCUT2D eigenvalue weighted by Gasteiger charge is 2.39. The van der Waals surface area contributed by atoms with Crippen LogP contribution in [-0.4, -0.2) is 46.3 Å². The van der Waals surface area contributed by atoms with Crippen LogP contribution in [0.5, 0.6) is 5.75 Å². The Bertz CT molecular complexity index is 1210. The van der Waals surface area contributed by atoms with Gasteiger partial charge in [0.25, 0.3) is 0 Å². The molecule has 1 atom stereocenters. The van der Waals surface area contributed by atoms with Crippen molar-refractivity contribution in [3.8, 4) is 5.75 Å². The van der Waals surface area contributed by atoms with E-state index in [1.165, 1.54) is 34.4 Å². The first-order chi connectivity index (χ1) is 16.4. The minimum absolute atomic E-state index is 0.0174. The molecule has 1 aliphatic heterocycles. The average Bonchev–Trinajstić information content (AvgIpc) is 2.80. The molecule has 186 valence electrons. The summed E-state index contributed by atoms with van der Waals surface area (Å²) >= 11 is 0. The first-order valence-corrected chi connectivity index (χ1v) is 12.4. The SMILES string of the molecule is CN1CC=C(c2cc(C(O)/C=C/c3ccc(C(=O)O)c(O)c3)cc3c2C(C)(C)CCC3(C)C)CC1. The first kappa shape index (κ1) is 25.2. The van der Waals surface area contributed by atoms with Crippen LogP contribution in [0.3, 0.4) is 0 Å². The molecular formula is C30H37NO4. The summed E-state index contributed by atoms with van der Waals surface area (Å²) in [7, 11) is 2.14. The molecule has 0 bridgehead atoms. The Balaban J connectivity index is 1.77. The molecule has 0 saturated heterocycles. The quantitative estimate of drug-likeness (QED) is 0.501. The predicted molar refractivity (Wildman–Crippen MR) is 141 cm³/mol. The lowest BCUT2D eigenvalue weighted by Gasteiger charge is -2.44. The summed E-state index contributed by atoms with van der Waals surface area (Å²) in [5, 5.41) is 30.3. The first-order valence-electron chi connectivity index (χ1n) is 12.4. The number of benzene rings is 2. The normalized spacial score (nSPS) is 20.3. The Morgan fingerprint density at radius 2 is 1.80 bits per heavy atom. The molecular weight excluding hydrogens is 438 g/mol. The van der Waals surface area contributed by atoms with Crippen molar-refractivity contribution in [2.75, 3.05) is 20.1 Å². The minimum atomic E-state index is -1.17. The fraction of sp³-hybridized carbons (Fsp3) is 0.433.